The zero-order valence-electron chi connectivity index (χ0n) is 24.2. The lowest BCUT2D eigenvalue weighted by atomic mass is 9.81. The van der Waals surface area contributed by atoms with E-state index in [1.165, 1.54) is 12.0 Å². The molecule has 0 unspecified atom stereocenters. The van der Waals surface area contributed by atoms with Gasteiger partial charge in [-0.2, -0.15) is 0 Å². The van der Waals surface area contributed by atoms with Crippen LogP contribution in [0.3, 0.4) is 0 Å². The van der Waals surface area contributed by atoms with Crippen LogP contribution in [-0.4, -0.2) is 66.2 Å². The first-order valence-corrected chi connectivity index (χ1v) is 15.8. The summed E-state index contributed by atoms with van der Waals surface area (Å²) in [6, 6.07) is 6.22. The lowest BCUT2D eigenvalue weighted by Crippen LogP contribution is -2.45. The predicted molar refractivity (Wildman–Crippen MR) is 161 cm³/mol. The lowest BCUT2D eigenvalue weighted by molar-refractivity contribution is -0.130. The van der Waals surface area contributed by atoms with Crippen LogP contribution in [0, 0.1) is 11.8 Å². The molecule has 1 aliphatic carbocycles. The van der Waals surface area contributed by atoms with Crippen LogP contribution in [0.1, 0.15) is 75.8 Å². The fourth-order valence-electron chi connectivity index (χ4n) is 5.98. The van der Waals surface area contributed by atoms with Crippen molar-refractivity contribution in [1.82, 2.24) is 15.2 Å². The Hall–Kier alpha value is -2.42. The first-order chi connectivity index (χ1) is 19.3. The third kappa shape index (κ3) is 8.79. The number of carbonyl (C=O) groups excluding carboxylic acids is 3. The Morgan fingerprint density at radius 2 is 1.93 bits per heavy atom. The Balaban J connectivity index is 1.41. The maximum atomic E-state index is 13.7. The molecule has 2 atom stereocenters. The molecule has 0 spiro atoms. The van der Waals surface area contributed by atoms with Crippen molar-refractivity contribution in [2.24, 2.45) is 11.8 Å². The van der Waals surface area contributed by atoms with Gasteiger partial charge in [-0.1, -0.05) is 38.8 Å². The van der Waals surface area contributed by atoms with Crippen molar-refractivity contribution in [3.8, 4) is 0 Å². The number of amides is 1. The maximum absolute atomic E-state index is 13.7. The van der Waals surface area contributed by atoms with Crippen LogP contribution < -0.4 is 5.32 Å². The van der Waals surface area contributed by atoms with E-state index in [0.717, 1.165) is 60.4 Å². The molecule has 2 aromatic rings. The first-order valence-electron chi connectivity index (χ1n) is 15.0. The van der Waals surface area contributed by atoms with Crippen LogP contribution in [0.5, 0.6) is 0 Å². The molecule has 1 saturated heterocycles. The van der Waals surface area contributed by atoms with Crippen LogP contribution in [0.4, 0.5) is 0 Å². The molecule has 1 aliphatic heterocycles. The number of hydrogen-bond donors (Lipinski definition) is 1. The molecule has 1 aromatic heterocycles. The van der Waals surface area contributed by atoms with E-state index in [4.69, 9.17) is 9.72 Å². The second-order valence-corrected chi connectivity index (χ2v) is 12.7. The minimum atomic E-state index is -0.471. The summed E-state index contributed by atoms with van der Waals surface area (Å²) in [5.74, 6) is -0.146. The smallest absolute Gasteiger partial charge is 0.224 e. The summed E-state index contributed by atoms with van der Waals surface area (Å²) in [6.45, 7) is 11.3. The number of ketones is 2. The van der Waals surface area contributed by atoms with Crippen molar-refractivity contribution in [3.05, 3.63) is 40.9 Å². The van der Waals surface area contributed by atoms with Gasteiger partial charge in [-0.25, -0.2) is 4.98 Å². The highest BCUT2D eigenvalue weighted by Gasteiger charge is 2.30. The molecule has 2 heterocycles. The highest BCUT2D eigenvalue weighted by molar-refractivity contribution is 7.18. The minimum absolute atomic E-state index is 0.00154. The van der Waals surface area contributed by atoms with Crippen molar-refractivity contribution >= 4 is 39.0 Å². The largest absolute Gasteiger partial charge is 0.379 e. The van der Waals surface area contributed by atoms with Gasteiger partial charge in [0.15, 0.2) is 5.78 Å². The van der Waals surface area contributed by atoms with Gasteiger partial charge in [0, 0.05) is 50.5 Å². The van der Waals surface area contributed by atoms with E-state index in [9.17, 15) is 14.4 Å². The van der Waals surface area contributed by atoms with Gasteiger partial charge in [-0.15, -0.1) is 11.3 Å². The molecule has 1 amide bonds. The Morgan fingerprint density at radius 1 is 1.18 bits per heavy atom. The van der Waals surface area contributed by atoms with Gasteiger partial charge in [0.25, 0.3) is 0 Å². The number of benzene rings is 1. The molecule has 1 aromatic carbocycles. The summed E-state index contributed by atoms with van der Waals surface area (Å²) in [5, 5.41) is 4.20. The number of carbonyl (C=O) groups is 3. The van der Waals surface area contributed by atoms with E-state index in [0.29, 0.717) is 50.5 Å². The number of rotatable bonds is 14. The summed E-state index contributed by atoms with van der Waals surface area (Å²) >= 11 is 1.61. The van der Waals surface area contributed by atoms with E-state index >= 15 is 0 Å². The van der Waals surface area contributed by atoms with E-state index < -0.39 is 5.92 Å². The van der Waals surface area contributed by atoms with Crippen molar-refractivity contribution < 1.29 is 19.1 Å². The van der Waals surface area contributed by atoms with Crippen molar-refractivity contribution in [3.63, 3.8) is 0 Å². The Kier molecular flexibility index (Phi) is 11.4. The second-order valence-electron chi connectivity index (χ2n) is 11.5. The third-order valence-electron chi connectivity index (χ3n) is 8.37. The van der Waals surface area contributed by atoms with Gasteiger partial charge in [-0.05, 0) is 56.2 Å². The molecule has 40 heavy (non-hydrogen) atoms. The van der Waals surface area contributed by atoms with Crippen LogP contribution in [0.15, 0.2) is 30.4 Å². The maximum Gasteiger partial charge on any atom is 0.224 e. The number of hydrogen-bond acceptors (Lipinski definition) is 7. The highest BCUT2D eigenvalue weighted by atomic mass is 32.1. The summed E-state index contributed by atoms with van der Waals surface area (Å²) in [5.41, 5.74) is 2.83. The summed E-state index contributed by atoms with van der Waals surface area (Å²) < 4.78 is 6.53. The molecule has 7 nitrogen and oxygen atoms in total. The number of aryl methyl sites for hydroxylation is 1. The van der Waals surface area contributed by atoms with Gasteiger partial charge in [0.1, 0.15) is 5.78 Å². The summed E-state index contributed by atoms with van der Waals surface area (Å²) in [7, 11) is 0. The fourth-order valence-corrected chi connectivity index (χ4v) is 7.09. The van der Waals surface area contributed by atoms with Crippen LogP contribution in [0.25, 0.3) is 10.2 Å². The molecular formula is C32H45N3O4S. The van der Waals surface area contributed by atoms with Gasteiger partial charge >= 0.3 is 0 Å². The third-order valence-corrected chi connectivity index (χ3v) is 9.41. The van der Waals surface area contributed by atoms with Gasteiger partial charge in [-0.3, -0.25) is 14.5 Å². The first kappa shape index (κ1) is 30.5. The fraction of sp³-hybridized carbons (Fsp3) is 0.625. The number of ether oxygens (including phenoxy) is 1. The molecule has 218 valence electrons. The van der Waals surface area contributed by atoms with Crippen LogP contribution in [0.2, 0.25) is 0 Å². The van der Waals surface area contributed by atoms with E-state index in [1.807, 2.05) is 6.07 Å². The second kappa shape index (κ2) is 15.0. The molecule has 8 heteroatoms. The van der Waals surface area contributed by atoms with E-state index in [2.05, 4.69) is 35.9 Å². The quantitative estimate of drug-likeness (QED) is 0.312. The Labute approximate surface area is 242 Å². The number of thiazole rings is 1. The standard InChI is InChI=1S/C32H45N3O4S/c1-4-24-10-11-28-30(19-24)40-31(33-28)20-26(18-23(3)36)32(38)34-27(25-8-6-5-7-9-25)12-13-29(37)22(2)21-35-14-16-39-17-15-35/h10-11,19,25-27H,2,4-9,12-18,20-21H2,1,3H3,(H,34,38)/t26-,27+/m0/s1. The summed E-state index contributed by atoms with van der Waals surface area (Å²) in [6.07, 6.45) is 8.21. The van der Waals surface area contributed by atoms with Gasteiger partial charge in [0.05, 0.1) is 34.4 Å². The zero-order chi connectivity index (χ0) is 28.5. The van der Waals surface area contributed by atoms with Crippen molar-refractivity contribution in [2.75, 3.05) is 32.8 Å². The highest BCUT2D eigenvalue weighted by Crippen LogP contribution is 2.30. The van der Waals surface area contributed by atoms with Gasteiger partial charge < -0.3 is 14.8 Å². The van der Waals surface area contributed by atoms with Crippen LogP contribution >= 0.6 is 11.3 Å². The number of morpholine rings is 1. The Bertz CT molecular complexity index is 1180. The van der Waals surface area contributed by atoms with Crippen molar-refractivity contribution in [1.29, 1.82) is 0 Å². The SMILES string of the molecule is C=C(CN1CCOCC1)C(=O)CC[C@@H](NC(=O)[C@@H](CC(C)=O)Cc1nc2ccc(CC)cc2s1)C1CCCCC1. The Morgan fingerprint density at radius 3 is 2.62 bits per heavy atom. The van der Waals surface area contributed by atoms with Crippen LogP contribution in [-0.2, 0) is 32.0 Å². The summed E-state index contributed by atoms with van der Waals surface area (Å²) in [4.78, 5) is 45.9. The van der Waals surface area contributed by atoms with Gasteiger partial charge in [0.2, 0.25) is 5.91 Å². The number of fused-ring (bicyclic) bond motifs is 1. The molecule has 4 rings (SSSR count). The number of nitrogens with one attached hydrogen (secondary N) is 1. The lowest BCUT2D eigenvalue weighted by Gasteiger charge is -2.32. The molecule has 1 saturated carbocycles. The molecule has 1 N–H and O–H groups in total. The van der Waals surface area contributed by atoms with E-state index in [1.54, 1.807) is 18.3 Å². The molecule has 0 bridgehead atoms. The molecular weight excluding hydrogens is 522 g/mol. The monoisotopic (exact) mass is 567 g/mol. The average molecular weight is 568 g/mol. The normalized spacial score (nSPS) is 18.4. The zero-order valence-corrected chi connectivity index (χ0v) is 25.0. The topological polar surface area (TPSA) is 88.6 Å². The molecule has 2 aliphatic rings. The average Bonchev–Trinajstić information content (AvgIpc) is 3.36. The number of Topliss-reactive ketones (excluding diaryl/α,β-unsaturated/α-hetero) is 2. The van der Waals surface area contributed by atoms with E-state index in [-0.39, 0.29) is 29.9 Å². The number of nitrogens with zero attached hydrogens (tertiary/aromatic N) is 2. The number of aromatic nitrogens is 1. The predicted octanol–water partition coefficient (Wildman–Crippen LogP) is 5.30. The molecule has 2 fully saturated rings. The molecule has 0 radical (unpaired) electrons. The minimum Gasteiger partial charge on any atom is -0.379 e. The van der Waals surface area contributed by atoms with Crippen molar-refractivity contribution in [2.45, 2.75) is 84.1 Å².